The minimum atomic E-state index is -0.560. The highest BCUT2D eigenvalue weighted by Crippen LogP contribution is 2.31. The average molecular weight is 343 g/mol. The molecule has 1 aromatic heterocycles. The summed E-state index contributed by atoms with van der Waals surface area (Å²) >= 11 is 6.05. The van der Waals surface area contributed by atoms with E-state index in [1.165, 1.54) is 6.92 Å². The summed E-state index contributed by atoms with van der Waals surface area (Å²) < 4.78 is 1.55. The van der Waals surface area contributed by atoms with Crippen molar-refractivity contribution in [2.24, 2.45) is 0 Å². The van der Waals surface area contributed by atoms with Gasteiger partial charge in [0, 0.05) is 27.9 Å². The molecule has 3 aromatic rings. The van der Waals surface area contributed by atoms with E-state index in [-0.39, 0.29) is 17.4 Å². The number of carbonyl (C=O) groups excluding carboxylic acids is 1. The van der Waals surface area contributed by atoms with E-state index in [2.05, 4.69) is 0 Å². The van der Waals surface area contributed by atoms with Crippen LogP contribution in [-0.4, -0.2) is 21.9 Å². The summed E-state index contributed by atoms with van der Waals surface area (Å²) in [5, 5.41) is 12.6. The molecule has 0 radical (unpaired) electrons. The van der Waals surface area contributed by atoms with Gasteiger partial charge in [-0.1, -0.05) is 41.9 Å². The van der Waals surface area contributed by atoms with Gasteiger partial charge in [-0.2, -0.15) is 0 Å². The van der Waals surface area contributed by atoms with Crippen molar-refractivity contribution >= 4 is 28.4 Å². The van der Waals surface area contributed by atoms with E-state index in [9.17, 15) is 14.9 Å². The van der Waals surface area contributed by atoms with E-state index in [0.29, 0.717) is 16.3 Å². The zero-order valence-corrected chi connectivity index (χ0v) is 13.7. The topological polar surface area (TPSA) is 65.1 Å². The van der Waals surface area contributed by atoms with Crippen molar-refractivity contribution in [3.63, 3.8) is 0 Å². The molecule has 1 atom stereocenters. The molecule has 122 valence electrons. The van der Waals surface area contributed by atoms with Crippen LogP contribution in [0.15, 0.2) is 54.6 Å². The van der Waals surface area contributed by atoms with Crippen molar-refractivity contribution in [2.75, 3.05) is 6.54 Å². The largest absolute Gasteiger partial charge is 0.284 e. The number of nitro groups is 1. The number of para-hydroxylation sites is 1. The molecule has 5 nitrogen and oxygen atoms in total. The second kappa shape index (κ2) is 6.45. The van der Waals surface area contributed by atoms with Gasteiger partial charge in [0.2, 0.25) is 12.5 Å². The smallest absolute Gasteiger partial charge is 0.228 e. The SMILES string of the molecule is CC(=O)n1c([C@H](C[N+](=O)[O-])c2cccc(Cl)c2)cc2ccccc21. The number of aromatic nitrogens is 1. The van der Waals surface area contributed by atoms with Gasteiger partial charge in [-0.25, -0.2) is 0 Å². The number of benzene rings is 2. The van der Waals surface area contributed by atoms with Gasteiger partial charge in [0.25, 0.3) is 0 Å². The number of hydrogen-bond donors (Lipinski definition) is 0. The zero-order valence-electron chi connectivity index (χ0n) is 13.0. The van der Waals surface area contributed by atoms with Gasteiger partial charge in [-0.15, -0.1) is 0 Å². The summed E-state index contributed by atoms with van der Waals surface area (Å²) in [4.78, 5) is 23.0. The Morgan fingerprint density at radius 2 is 1.96 bits per heavy atom. The summed E-state index contributed by atoms with van der Waals surface area (Å²) in [5.41, 5.74) is 2.06. The first-order valence-electron chi connectivity index (χ1n) is 7.46. The summed E-state index contributed by atoms with van der Waals surface area (Å²) in [6, 6.07) is 16.2. The third kappa shape index (κ3) is 3.03. The fraction of sp³-hybridized carbons (Fsp3) is 0.167. The van der Waals surface area contributed by atoms with Crippen LogP contribution in [0.1, 0.15) is 28.9 Å². The summed E-state index contributed by atoms with van der Waals surface area (Å²) in [7, 11) is 0. The fourth-order valence-corrected chi connectivity index (χ4v) is 3.22. The van der Waals surface area contributed by atoms with Gasteiger partial charge in [-0.05, 0) is 29.8 Å². The number of carbonyl (C=O) groups is 1. The molecule has 0 fully saturated rings. The highest BCUT2D eigenvalue weighted by molar-refractivity contribution is 6.30. The molecule has 24 heavy (non-hydrogen) atoms. The Kier molecular flexibility index (Phi) is 4.36. The maximum Gasteiger partial charge on any atom is 0.228 e. The first-order valence-corrected chi connectivity index (χ1v) is 7.83. The van der Waals surface area contributed by atoms with Crippen LogP contribution in [0, 0.1) is 10.1 Å². The molecule has 0 unspecified atom stereocenters. The van der Waals surface area contributed by atoms with Crippen molar-refractivity contribution < 1.29 is 9.72 Å². The third-order valence-corrected chi connectivity index (χ3v) is 4.23. The van der Waals surface area contributed by atoms with E-state index in [4.69, 9.17) is 11.6 Å². The molecule has 0 aliphatic rings. The molecule has 3 rings (SSSR count). The normalized spacial score (nSPS) is 12.2. The van der Waals surface area contributed by atoms with E-state index >= 15 is 0 Å². The maximum atomic E-state index is 12.2. The highest BCUT2D eigenvalue weighted by atomic mass is 35.5. The summed E-state index contributed by atoms with van der Waals surface area (Å²) in [6.07, 6.45) is 0. The molecule has 0 bridgehead atoms. The van der Waals surface area contributed by atoms with E-state index < -0.39 is 5.92 Å². The number of fused-ring (bicyclic) bond motifs is 1. The van der Waals surface area contributed by atoms with E-state index in [1.807, 2.05) is 30.3 Å². The lowest BCUT2D eigenvalue weighted by Crippen LogP contribution is -2.20. The number of rotatable bonds is 4. The molecular weight excluding hydrogens is 328 g/mol. The number of hydrogen-bond acceptors (Lipinski definition) is 3. The lowest BCUT2D eigenvalue weighted by Gasteiger charge is -2.16. The minimum absolute atomic E-state index is 0.179. The van der Waals surface area contributed by atoms with Crippen molar-refractivity contribution in [1.82, 2.24) is 4.57 Å². The van der Waals surface area contributed by atoms with Gasteiger partial charge < -0.3 is 0 Å². The monoisotopic (exact) mass is 342 g/mol. The molecule has 0 aliphatic carbocycles. The molecule has 0 saturated carbocycles. The third-order valence-electron chi connectivity index (χ3n) is 3.99. The second-order valence-corrected chi connectivity index (χ2v) is 6.04. The van der Waals surface area contributed by atoms with Crippen molar-refractivity contribution in [1.29, 1.82) is 0 Å². The van der Waals surface area contributed by atoms with Gasteiger partial charge >= 0.3 is 0 Å². The van der Waals surface area contributed by atoms with Gasteiger partial charge in [0.05, 0.1) is 11.4 Å². The second-order valence-electron chi connectivity index (χ2n) is 5.61. The Morgan fingerprint density at radius 3 is 2.62 bits per heavy atom. The summed E-state index contributed by atoms with van der Waals surface area (Å²) in [6.45, 7) is 1.14. The van der Waals surface area contributed by atoms with Gasteiger partial charge in [0.1, 0.15) is 0 Å². The molecular formula is C18H15ClN2O3. The molecule has 0 aliphatic heterocycles. The number of halogens is 1. The molecule has 0 spiro atoms. The Morgan fingerprint density at radius 1 is 1.21 bits per heavy atom. The first kappa shape index (κ1) is 16.2. The van der Waals surface area contributed by atoms with Crippen molar-refractivity contribution in [3.8, 4) is 0 Å². The zero-order chi connectivity index (χ0) is 17.3. The van der Waals surface area contributed by atoms with Crippen LogP contribution >= 0.6 is 11.6 Å². The fourth-order valence-electron chi connectivity index (χ4n) is 3.03. The van der Waals surface area contributed by atoms with Crippen molar-refractivity contribution in [2.45, 2.75) is 12.8 Å². The van der Waals surface area contributed by atoms with Crippen LogP contribution in [0.5, 0.6) is 0 Å². The Bertz CT molecular complexity index is 933. The Hall–Kier alpha value is -2.66. The van der Waals surface area contributed by atoms with Crippen LogP contribution in [0.25, 0.3) is 10.9 Å². The molecule has 0 amide bonds. The van der Waals surface area contributed by atoms with Crippen LogP contribution in [-0.2, 0) is 0 Å². The molecule has 0 N–H and O–H groups in total. The Labute approximate surface area is 143 Å². The van der Waals surface area contributed by atoms with Crippen molar-refractivity contribution in [3.05, 3.63) is 81.0 Å². The molecule has 6 heteroatoms. The maximum absolute atomic E-state index is 12.2. The molecule has 2 aromatic carbocycles. The minimum Gasteiger partial charge on any atom is -0.284 e. The average Bonchev–Trinajstić information content (AvgIpc) is 2.91. The Balaban J connectivity index is 2.24. The van der Waals surface area contributed by atoms with Gasteiger partial charge in [-0.3, -0.25) is 19.5 Å². The van der Waals surface area contributed by atoms with E-state index in [1.54, 1.807) is 28.8 Å². The lowest BCUT2D eigenvalue weighted by molar-refractivity contribution is -0.482. The van der Waals surface area contributed by atoms with Crippen LogP contribution in [0.3, 0.4) is 0 Å². The van der Waals surface area contributed by atoms with Gasteiger partial charge in [0.15, 0.2) is 0 Å². The summed E-state index contributed by atoms with van der Waals surface area (Å²) in [5.74, 6) is -0.739. The molecule has 0 saturated heterocycles. The standard InChI is InChI=1S/C18H15ClN2O3/c1-12(22)21-17-8-3-2-5-14(17)10-18(21)16(11-20(23)24)13-6-4-7-15(19)9-13/h2-10,16H,11H2,1H3/t16-/m1/s1. The van der Waals surface area contributed by atoms with E-state index in [0.717, 1.165) is 10.9 Å². The molecule has 1 heterocycles. The highest BCUT2D eigenvalue weighted by Gasteiger charge is 2.26. The first-order chi connectivity index (χ1) is 11.5. The quantitative estimate of drug-likeness (QED) is 0.522. The predicted molar refractivity (Wildman–Crippen MR) is 93.4 cm³/mol. The van der Waals surface area contributed by atoms with Crippen LogP contribution < -0.4 is 0 Å². The predicted octanol–water partition coefficient (Wildman–Crippen LogP) is 4.36. The lowest BCUT2D eigenvalue weighted by atomic mass is 9.95. The van der Waals surface area contributed by atoms with Crippen LogP contribution in [0.2, 0.25) is 5.02 Å². The van der Waals surface area contributed by atoms with Crippen LogP contribution in [0.4, 0.5) is 0 Å². The number of nitrogens with zero attached hydrogens (tertiary/aromatic N) is 2.